The van der Waals surface area contributed by atoms with E-state index in [1.54, 1.807) is 38.1 Å². The van der Waals surface area contributed by atoms with E-state index >= 15 is 0 Å². The summed E-state index contributed by atoms with van der Waals surface area (Å²) >= 11 is 0. The molecule has 0 saturated heterocycles. The first kappa shape index (κ1) is 20.4. The van der Waals surface area contributed by atoms with Crippen LogP contribution in [0.2, 0.25) is 0 Å². The number of hydrogen-bond donors (Lipinski definition) is 1. The molecule has 1 heterocycles. The van der Waals surface area contributed by atoms with Gasteiger partial charge in [-0.2, -0.15) is 0 Å². The molecular formula is C20H24N2O5. The van der Waals surface area contributed by atoms with Crippen LogP contribution in [-0.2, 0) is 9.53 Å². The first-order valence-electron chi connectivity index (χ1n) is 9.01. The van der Waals surface area contributed by atoms with E-state index in [9.17, 15) is 19.2 Å². The average molecular weight is 372 g/mol. The lowest BCUT2D eigenvalue weighted by atomic mass is 10.1. The Balaban J connectivity index is 1.94. The Morgan fingerprint density at radius 1 is 1.07 bits per heavy atom. The molecule has 1 aromatic carbocycles. The smallest absolute Gasteiger partial charge is 0.335 e. The number of rotatable bonds is 8. The van der Waals surface area contributed by atoms with Crippen molar-refractivity contribution in [2.45, 2.75) is 39.5 Å². The van der Waals surface area contributed by atoms with Crippen molar-refractivity contribution < 1.29 is 14.3 Å². The number of ether oxygens (including phenoxy) is 1. The largest absolute Gasteiger partial charge is 0.465 e. The van der Waals surface area contributed by atoms with E-state index in [2.05, 4.69) is 4.98 Å². The summed E-state index contributed by atoms with van der Waals surface area (Å²) in [7, 11) is 0. The highest BCUT2D eigenvalue weighted by Crippen LogP contribution is 2.13. The Labute approximate surface area is 157 Å². The molecule has 0 unspecified atom stereocenters. The normalized spacial score (nSPS) is 10.8. The van der Waals surface area contributed by atoms with Gasteiger partial charge in [-0.3, -0.25) is 19.4 Å². The first-order valence-corrected chi connectivity index (χ1v) is 9.01. The van der Waals surface area contributed by atoms with Crippen LogP contribution in [0.4, 0.5) is 0 Å². The van der Waals surface area contributed by atoms with Gasteiger partial charge < -0.3 is 4.74 Å². The number of esters is 1. The second kappa shape index (κ2) is 9.66. The number of carbonyl (C=O) groups is 2. The van der Waals surface area contributed by atoms with Crippen molar-refractivity contribution >= 4 is 11.9 Å². The van der Waals surface area contributed by atoms with Crippen LogP contribution in [-0.4, -0.2) is 28.0 Å². The maximum absolute atomic E-state index is 12.3. The van der Waals surface area contributed by atoms with Gasteiger partial charge in [0.05, 0.1) is 18.1 Å². The maximum Gasteiger partial charge on any atom is 0.335 e. The third-order valence-corrected chi connectivity index (χ3v) is 4.05. The summed E-state index contributed by atoms with van der Waals surface area (Å²) in [6.45, 7) is 3.86. The van der Waals surface area contributed by atoms with Crippen molar-refractivity contribution in [2.75, 3.05) is 6.61 Å². The third kappa shape index (κ3) is 5.77. The quantitative estimate of drug-likeness (QED) is 0.567. The number of nitrogens with one attached hydrogen (secondary N) is 1. The van der Waals surface area contributed by atoms with Crippen LogP contribution in [0.1, 0.15) is 44.3 Å². The van der Waals surface area contributed by atoms with Gasteiger partial charge in [-0.1, -0.05) is 44.2 Å². The fourth-order valence-corrected chi connectivity index (χ4v) is 2.49. The van der Waals surface area contributed by atoms with Gasteiger partial charge in [0.15, 0.2) is 0 Å². The molecule has 27 heavy (non-hydrogen) atoms. The predicted octanol–water partition coefficient (Wildman–Crippen LogP) is 2.60. The van der Waals surface area contributed by atoms with Gasteiger partial charge in [0.2, 0.25) is 5.91 Å². The van der Waals surface area contributed by atoms with E-state index in [-0.39, 0.29) is 29.8 Å². The van der Waals surface area contributed by atoms with Crippen molar-refractivity contribution in [1.29, 1.82) is 0 Å². The van der Waals surface area contributed by atoms with E-state index in [0.717, 1.165) is 4.57 Å². The van der Waals surface area contributed by atoms with E-state index in [4.69, 9.17) is 4.74 Å². The van der Waals surface area contributed by atoms with Gasteiger partial charge in [0.25, 0.3) is 5.56 Å². The number of aromatic amines is 1. The summed E-state index contributed by atoms with van der Waals surface area (Å²) in [5, 5.41) is 0. The lowest BCUT2D eigenvalue weighted by molar-refractivity contribution is -0.147. The number of unbranched alkanes of at least 4 members (excludes halogenated alkanes) is 2. The highest BCUT2D eigenvalue weighted by molar-refractivity contribution is 5.79. The minimum Gasteiger partial charge on any atom is -0.465 e. The second-order valence-corrected chi connectivity index (χ2v) is 6.56. The van der Waals surface area contributed by atoms with Crippen molar-refractivity contribution in [1.82, 2.24) is 9.55 Å². The minimum absolute atomic E-state index is 0.155. The molecule has 0 aliphatic carbocycles. The van der Waals surface area contributed by atoms with Gasteiger partial charge in [0.1, 0.15) is 0 Å². The standard InChI is InChI=1S/C20H24N2O5/c1-14(2)19(25)27-12-8-4-7-11-17(23)22-13-16(18(24)21-20(22)26)15-9-5-3-6-10-15/h3,5-6,9-10,13-14H,4,7-8,11-12H2,1-2H3,(H,21,24,26). The molecule has 144 valence electrons. The van der Waals surface area contributed by atoms with Crippen molar-refractivity contribution in [2.24, 2.45) is 5.92 Å². The van der Waals surface area contributed by atoms with Gasteiger partial charge >= 0.3 is 11.7 Å². The van der Waals surface area contributed by atoms with Crippen LogP contribution < -0.4 is 11.2 Å². The number of nitrogens with zero attached hydrogens (tertiary/aromatic N) is 1. The molecule has 0 atom stereocenters. The van der Waals surface area contributed by atoms with Crippen molar-refractivity contribution in [3.63, 3.8) is 0 Å². The molecule has 0 saturated carbocycles. The molecule has 2 rings (SSSR count). The zero-order valence-corrected chi connectivity index (χ0v) is 15.6. The maximum atomic E-state index is 12.3. The molecule has 1 aromatic heterocycles. The summed E-state index contributed by atoms with van der Waals surface area (Å²) < 4.78 is 6.02. The first-order chi connectivity index (χ1) is 12.9. The number of hydrogen-bond acceptors (Lipinski definition) is 5. The molecule has 0 radical (unpaired) electrons. The summed E-state index contributed by atoms with van der Waals surface area (Å²) in [5.41, 5.74) is -0.367. The molecule has 0 bridgehead atoms. The van der Waals surface area contributed by atoms with Gasteiger partial charge in [-0.15, -0.1) is 0 Å². The summed E-state index contributed by atoms with van der Waals surface area (Å²) in [6, 6.07) is 8.85. The average Bonchev–Trinajstić information content (AvgIpc) is 2.64. The Morgan fingerprint density at radius 3 is 2.44 bits per heavy atom. The van der Waals surface area contributed by atoms with Crippen LogP contribution in [0.15, 0.2) is 46.1 Å². The number of aromatic nitrogens is 2. The zero-order chi connectivity index (χ0) is 19.8. The highest BCUT2D eigenvalue weighted by Gasteiger charge is 2.12. The molecule has 0 aliphatic heterocycles. The summed E-state index contributed by atoms with van der Waals surface area (Å²) in [6.07, 6.45) is 3.37. The Bertz CT molecular complexity index is 897. The summed E-state index contributed by atoms with van der Waals surface area (Å²) in [4.78, 5) is 49.9. The Kier molecular flexibility index (Phi) is 7.28. The lowest BCUT2D eigenvalue weighted by Crippen LogP contribution is -2.34. The zero-order valence-electron chi connectivity index (χ0n) is 15.6. The molecule has 0 aliphatic rings. The molecule has 7 heteroatoms. The minimum atomic E-state index is -0.740. The number of benzene rings is 1. The van der Waals surface area contributed by atoms with Crippen LogP contribution in [0.3, 0.4) is 0 Å². The molecule has 0 amide bonds. The van der Waals surface area contributed by atoms with Crippen LogP contribution >= 0.6 is 0 Å². The van der Waals surface area contributed by atoms with Gasteiger partial charge in [0, 0.05) is 12.6 Å². The molecule has 2 aromatic rings. The fraction of sp³-hybridized carbons (Fsp3) is 0.400. The molecule has 1 N–H and O–H groups in total. The number of carbonyl (C=O) groups excluding carboxylic acids is 2. The fourth-order valence-electron chi connectivity index (χ4n) is 2.49. The van der Waals surface area contributed by atoms with Crippen LogP contribution in [0.5, 0.6) is 0 Å². The molecule has 0 spiro atoms. The van der Waals surface area contributed by atoms with Gasteiger partial charge in [-0.25, -0.2) is 9.36 Å². The van der Waals surface area contributed by atoms with Crippen LogP contribution in [0.25, 0.3) is 11.1 Å². The summed E-state index contributed by atoms with van der Waals surface area (Å²) in [5.74, 6) is -0.774. The SMILES string of the molecule is CC(C)C(=O)OCCCCCC(=O)n1cc(-c2ccccc2)c(=O)[nH]c1=O. The van der Waals surface area contributed by atoms with E-state index in [1.165, 1.54) is 6.20 Å². The van der Waals surface area contributed by atoms with E-state index in [1.807, 2.05) is 6.07 Å². The van der Waals surface area contributed by atoms with E-state index in [0.29, 0.717) is 31.4 Å². The predicted molar refractivity (Wildman–Crippen MR) is 102 cm³/mol. The van der Waals surface area contributed by atoms with Crippen LogP contribution in [0, 0.1) is 5.92 Å². The molecular weight excluding hydrogens is 348 g/mol. The topological polar surface area (TPSA) is 98.2 Å². The Morgan fingerprint density at radius 2 is 1.78 bits per heavy atom. The van der Waals surface area contributed by atoms with Crippen molar-refractivity contribution in [3.8, 4) is 11.1 Å². The monoisotopic (exact) mass is 372 g/mol. The van der Waals surface area contributed by atoms with Gasteiger partial charge in [-0.05, 0) is 24.8 Å². The molecule has 0 fully saturated rings. The third-order valence-electron chi connectivity index (χ3n) is 4.05. The second-order valence-electron chi connectivity index (χ2n) is 6.56. The Hall–Kier alpha value is -2.96. The molecule has 7 nitrogen and oxygen atoms in total. The lowest BCUT2D eigenvalue weighted by Gasteiger charge is -2.08. The number of H-pyrrole nitrogens is 1. The van der Waals surface area contributed by atoms with E-state index < -0.39 is 11.2 Å². The van der Waals surface area contributed by atoms with Crippen molar-refractivity contribution in [3.05, 3.63) is 57.4 Å². The highest BCUT2D eigenvalue weighted by atomic mass is 16.5.